The fourth-order valence-electron chi connectivity index (χ4n) is 1.24. The Kier molecular flexibility index (Phi) is 5.35. The van der Waals surface area contributed by atoms with E-state index in [4.69, 9.17) is 4.74 Å². The molecule has 0 spiro atoms. The molecule has 1 amide bonds. The molecule has 1 rings (SSSR count). The molecule has 17 heavy (non-hydrogen) atoms. The largest absolute Gasteiger partial charge is 0.383 e. The number of carbonyl (C=O) groups excluding carboxylic acids is 1. The van der Waals surface area contributed by atoms with Gasteiger partial charge in [0.25, 0.3) is 11.5 Å². The minimum Gasteiger partial charge on any atom is -0.383 e. The van der Waals surface area contributed by atoms with Gasteiger partial charge in [0, 0.05) is 19.7 Å². The zero-order valence-corrected chi connectivity index (χ0v) is 10.1. The second-order valence-corrected chi connectivity index (χ2v) is 3.53. The van der Waals surface area contributed by atoms with E-state index < -0.39 is 0 Å². The summed E-state index contributed by atoms with van der Waals surface area (Å²) in [6.07, 6.45) is 0.856. The number of nitrogens with one attached hydrogen (secondary N) is 1. The molecule has 0 saturated heterocycles. The third-order valence-electron chi connectivity index (χ3n) is 2.14. The number of nitrogens with zero attached hydrogens (tertiary/aromatic N) is 2. The maximum atomic E-state index is 11.6. The standard InChI is InChI=1S/C11H17N3O3/c1-3-6-12-11(16)9-4-5-10(15)14(13-9)7-8-17-2/h4-5H,3,6-8H2,1-2H3,(H,12,16). The molecule has 6 heteroatoms. The predicted octanol–water partition coefficient (Wildman–Crippen LogP) is 0.0295. The molecule has 0 fully saturated rings. The van der Waals surface area contributed by atoms with Crippen molar-refractivity contribution in [1.29, 1.82) is 0 Å². The van der Waals surface area contributed by atoms with E-state index in [1.165, 1.54) is 16.8 Å². The van der Waals surface area contributed by atoms with E-state index in [1.54, 1.807) is 7.11 Å². The Hall–Kier alpha value is -1.69. The van der Waals surface area contributed by atoms with Crippen LogP contribution < -0.4 is 10.9 Å². The van der Waals surface area contributed by atoms with Crippen molar-refractivity contribution >= 4 is 5.91 Å². The number of methoxy groups -OCH3 is 1. The first kappa shape index (κ1) is 13.4. The zero-order chi connectivity index (χ0) is 12.7. The van der Waals surface area contributed by atoms with Crippen LogP contribution in [-0.2, 0) is 11.3 Å². The second-order valence-electron chi connectivity index (χ2n) is 3.53. The summed E-state index contributed by atoms with van der Waals surface area (Å²) < 4.78 is 6.09. The third-order valence-corrected chi connectivity index (χ3v) is 2.14. The van der Waals surface area contributed by atoms with Gasteiger partial charge in [0.15, 0.2) is 0 Å². The van der Waals surface area contributed by atoms with Crippen molar-refractivity contribution in [1.82, 2.24) is 15.1 Å². The van der Waals surface area contributed by atoms with Crippen LogP contribution in [0.2, 0.25) is 0 Å². The summed E-state index contributed by atoms with van der Waals surface area (Å²) in [5, 5.41) is 6.68. The first-order valence-corrected chi connectivity index (χ1v) is 5.54. The maximum Gasteiger partial charge on any atom is 0.271 e. The molecule has 0 aliphatic rings. The van der Waals surface area contributed by atoms with Crippen LogP contribution in [0.15, 0.2) is 16.9 Å². The average Bonchev–Trinajstić information content (AvgIpc) is 2.35. The van der Waals surface area contributed by atoms with Crippen molar-refractivity contribution in [2.45, 2.75) is 19.9 Å². The summed E-state index contributed by atoms with van der Waals surface area (Å²) in [5.74, 6) is -0.266. The highest BCUT2D eigenvalue weighted by Gasteiger charge is 2.08. The molecule has 1 aromatic heterocycles. The van der Waals surface area contributed by atoms with Gasteiger partial charge in [0.2, 0.25) is 0 Å². The smallest absolute Gasteiger partial charge is 0.271 e. The highest BCUT2D eigenvalue weighted by atomic mass is 16.5. The Labute approximate surface area is 99.6 Å². The van der Waals surface area contributed by atoms with Crippen LogP contribution in [0, 0.1) is 0 Å². The van der Waals surface area contributed by atoms with E-state index in [1.807, 2.05) is 6.92 Å². The maximum absolute atomic E-state index is 11.6. The average molecular weight is 239 g/mol. The lowest BCUT2D eigenvalue weighted by Gasteiger charge is -2.06. The number of hydrogen-bond acceptors (Lipinski definition) is 4. The molecule has 0 unspecified atom stereocenters. The Morgan fingerprint density at radius 3 is 2.94 bits per heavy atom. The van der Waals surface area contributed by atoms with E-state index in [2.05, 4.69) is 10.4 Å². The van der Waals surface area contributed by atoms with Gasteiger partial charge in [-0.15, -0.1) is 0 Å². The number of carbonyl (C=O) groups is 1. The fourth-order valence-corrected chi connectivity index (χ4v) is 1.24. The van der Waals surface area contributed by atoms with Crippen LogP contribution >= 0.6 is 0 Å². The van der Waals surface area contributed by atoms with Crippen LogP contribution in [0.1, 0.15) is 23.8 Å². The normalized spacial score (nSPS) is 10.2. The van der Waals surface area contributed by atoms with Crippen LogP contribution in [0.3, 0.4) is 0 Å². The van der Waals surface area contributed by atoms with Gasteiger partial charge in [-0.2, -0.15) is 5.10 Å². The van der Waals surface area contributed by atoms with Crippen LogP contribution in [-0.4, -0.2) is 35.9 Å². The van der Waals surface area contributed by atoms with E-state index in [-0.39, 0.29) is 17.2 Å². The molecule has 0 atom stereocenters. The molecule has 0 radical (unpaired) electrons. The van der Waals surface area contributed by atoms with Crippen molar-refractivity contribution in [2.75, 3.05) is 20.3 Å². The molecule has 0 aromatic carbocycles. The molecule has 1 aromatic rings. The monoisotopic (exact) mass is 239 g/mol. The Morgan fingerprint density at radius 2 is 2.29 bits per heavy atom. The summed E-state index contributed by atoms with van der Waals surface area (Å²) >= 11 is 0. The van der Waals surface area contributed by atoms with Crippen LogP contribution in [0.5, 0.6) is 0 Å². The van der Waals surface area contributed by atoms with Crippen molar-refractivity contribution < 1.29 is 9.53 Å². The van der Waals surface area contributed by atoms with Gasteiger partial charge in [-0.25, -0.2) is 4.68 Å². The van der Waals surface area contributed by atoms with Crippen molar-refractivity contribution in [3.63, 3.8) is 0 Å². The minimum absolute atomic E-state index is 0.242. The summed E-state index contributed by atoms with van der Waals surface area (Å²) in [6, 6.07) is 2.76. The molecule has 6 nitrogen and oxygen atoms in total. The van der Waals surface area contributed by atoms with E-state index in [0.29, 0.717) is 19.7 Å². The number of aromatic nitrogens is 2. The Balaban J connectivity index is 2.80. The lowest BCUT2D eigenvalue weighted by atomic mass is 10.3. The second kappa shape index (κ2) is 6.80. The van der Waals surface area contributed by atoms with Gasteiger partial charge in [0.1, 0.15) is 5.69 Å². The van der Waals surface area contributed by atoms with Gasteiger partial charge >= 0.3 is 0 Å². The third kappa shape index (κ3) is 3.99. The molecular formula is C11H17N3O3. The molecule has 0 bridgehead atoms. The van der Waals surface area contributed by atoms with E-state index in [9.17, 15) is 9.59 Å². The van der Waals surface area contributed by atoms with Crippen LogP contribution in [0.25, 0.3) is 0 Å². The predicted molar refractivity (Wildman–Crippen MR) is 63.0 cm³/mol. The molecular weight excluding hydrogens is 222 g/mol. The highest BCUT2D eigenvalue weighted by Crippen LogP contribution is 1.91. The summed E-state index contributed by atoms with van der Waals surface area (Å²) in [5.41, 5.74) is 0.00300. The number of hydrogen-bond donors (Lipinski definition) is 1. The first-order valence-electron chi connectivity index (χ1n) is 5.54. The van der Waals surface area contributed by atoms with Gasteiger partial charge in [-0.3, -0.25) is 9.59 Å². The lowest BCUT2D eigenvalue weighted by molar-refractivity contribution is 0.0945. The number of rotatable bonds is 6. The summed E-state index contributed by atoms with van der Waals surface area (Å²) in [4.78, 5) is 23.0. The zero-order valence-electron chi connectivity index (χ0n) is 10.1. The summed E-state index contributed by atoms with van der Waals surface area (Å²) in [7, 11) is 1.54. The van der Waals surface area contributed by atoms with Gasteiger partial charge in [0.05, 0.1) is 13.2 Å². The highest BCUT2D eigenvalue weighted by molar-refractivity contribution is 5.91. The minimum atomic E-state index is -0.266. The number of amides is 1. The van der Waals surface area contributed by atoms with Crippen molar-refractivity contribution in [3.05, 3.63) is 28.2 Å². The van der Waals surface area contributed by atoms with Crippen LogP contribution in [0.4, 0.5) is 0 Å². The van der Waals surface area contributed by atoms with Crippen molar-refractivity contribution in [2.24, 2.45) is 0 Å². The molecule has 1 heterocycles. The van der Waals surface area contributed by atoms with E-state index in [0.717, 1.165) is 6.42 Å². The van der Waals surface area contributed by atoms with Gasteiger partial charge in [-0.05, 0) is 12.5 Å². The molecule has 94 valence electrons. The first-order chi connectivity index (χ1) is 8.19. The Bertz CT molecular complexity index is 428. The Morgan fingerprint density at radius 1 is 1.53 bits per heavy atom. The quantitative estimate of drug-likeness (QED) is 0.760. The SMILES string of the molecule is CCCNC(=O)c1ccc(=O)n(CCOC)n1. The molecule has 0 saturated carbocycles. The number of ether oxygens (including phenoxy) is 1. The lowest BCUT2D eigenvalue weighted by Crippen LogP contribution is -2.30. The van der Waals surface area contributed by atoms with Gasteiger partial charge < -0.3 is 10.1 Å². The molecule has 1 N–H and O–H groups in total. The molecule has 0 aliphatic carbocycles. The summed E-state index contributed by atoms with van der Waals surface area (Å²) in [6.45, 7) is 3.28. The van der Waals surface area contributed by atoms with Crippen molar-refractivity contribution in [3.8, 4) is 0 Å². The van der Waals surface area contributed by atoms with Gasteiger partial charge in [-0.1, -0.05) is 6.92 Å². The van der Waals surface area contributed by atoms with E-state index >= 15 is 0 Å². The fraction of sp³-hybridized carbons (Fsp3) is 0.545. The topological polar surface area (TPSA) is 73.2 Å². The molecule has 0 aliphatic heterocycles.